The summed E-state index contributed by atoms with van der Waals surface area (Å²) in [5, 5.41) is 6.42. The van der Waals surface area contributed by atoms with E-state index in [0.717, 1.165) is 4.47 Å². The van der Waals surface area contributed by atoms with Gasteiger partial charge in [-0.2, -0.15) is 4.98 Å². The van der Waals surface area contributed by atoms with E-state index in [2.05, 4.69) is 31.3 Å². The lowest BCUT2D eigenvalue weighted by Gasteiger charge is -1.97. The van der Waals surface area contributed by atoms with Gasteiger partial charge in [-0.1, -0.05) is 0 Å². The summed E-state index contributed by atoms with van der Waals surface area (Å²) in [4.78, 5) is 4.04. The first kappa shape index (κ1) is 10.3. The van der Waals surface area contributed by atoms with Crippen LogP contribution in [0.4, 0.5) is 14.7 Å². The smallest absolute Gasteiger partial charge is 0.255 e. The largest absolute Gasteiger partial charge is 0.347 e. The predicted molar refractivity (Wildman–Crippen MR) is 55.2 cm³/mol. The van der Waals surface area contributed by atoms with Gasteiger partial charge in [0.05, 0.1) is 11.0 Å². The van der Waals surface area contributed by atoms with Crippen molar-refractivity contribution in [3.63, 3.8) is 0 Å². The maximum atomic E-state index is 11.9. The van der Waals surface area contributed by atoms with Crippen LogP contribution in [0.5, 0.6) is 0 Å². The Balaban J connectivity index is 2.27. The molecule has 7 heteroatoms. The highest BCUT2D eigenvalue weighted by Crippen LogP contribution is 2.16. The van der Waals surface area contributed by atoms with E-state index < -0.39 is 13.0 Å². The molecule has 0 amide bonds. The van der Waals surface area contributed by atoms with Gasteiger partial charge in [-0.05, 0) is 28.1 Å². The molecule has 4 nitrogen and oxygen atoms in total. The van der Waals surface area contributed by atoms with E-state index in [0.29, 0.717) is 5.65 Å². The molecule has 2 aromatic rings. The summed E-state index contributed by atoms with van der Waals surface area (Å²) in [7, 11) is 0. The lowest BCUT2D eigenvalue weighted by atomic mass is 10.5. The third-order valence-electron chi connectivity index (χ3n) is 1.73. The minimum Gasteiger partial charge on any atom is -0.347 e. The van der Waals surface area contributed by atoms with Crippen LogP contribution in [0, 0.1) is 0 Å². The van der Waals surface area contributed by atoms with Gasteiger partial charge in [-0.15, -0.1) is 5.10 Å². The number of halogens is 3. The van der Waals surface area contributed by atoms with Crippen LogP contribution in [-0.2, 0) is 0 Å². The molecule has 15 heavy (non-hydrogen) atoms. The molecule has 2 rings (SSSR count). The molecule has 0 aromatic carbocycles. The highest BCUT2D eigenvalue weighted by atomic mass is 79.9. The van der Waals surface area contributed by atoms with Crippen molar-refractivity contribution in [3.8, 4) is 0 Å². The van der Waals surface area contributed by atoms with E-state index in [-0.39, 0.29) is 5.95 Å². The molecule has 0 aliphatic rings. The van der Waals surface area contributed by atoms with E-state index in [1.165, 1.54) is 4.52 Å². The molecule has 0 radical (unpaired) electrons. The summed E-state index contributed by atoms with van der Waals surface area (Å²) in [5.41, 5.74) is 0.592. The number of alkyl halides is 2. The molecular formula is C8H7BrF2N4. The second-order valence-electron chi connectivity index (χ2n) is 2.83. The molecule has 1 N–H and O–H groups in total. The van der Waals surface area contributed by atoms with Crippen molar-refractivity contribution in [3.05, 3.63) is 22.8 Å². The molecule has 0 fully saturated rings. The first-order chi connectivity index (χ1) is 7.16. The number of hydrogen-bond donors (Lipinski definition) is 1. The molecule has 0 aliphatic heterocycles. The molecule has 0 unspecified atom stereocenters. The number of fused-ring (bicyclic) bond motifs is 1. The summed E-state index contributed by atoms with van der Waals surface area (Å²) in [6.07, 6.45) is -0.722. The van der Waals surface area contributed by atoms with E-state index >= 15 is 0 Å². The predicted octanol–water partition coefficient (Wildman–Crippen LogP) is 2.17. The van der Waals surface area contributed by atoms with Gasteiger partial charge in [-0.3, -0.25) is 0 Å². The van der Waals surface area contributed by atoms with Gasteiger partial charge >= 0.3 is 0 Å². The van der Waals surface area contributed by atoms with Crippen molar-refractivity contribution < 1.29 is 8.78 Å². The van der Waals surface area contributed by atoms with E-state index in [1.54, 1.807) is 18.3 Å². The van der Waals surface area contributed by atoms with Crippen LogP contribution >= 0.6 is 15.9 Å². The number of anilines is 1. The zero-order chi connectivity index (χ0) is 10.8. The first-order valence-corrected chi connectivity index (χ1v) is 4.99. The Kier molecular flexibility index (Phi) is 2.81. The SMILES string of the molecule is FC(F)CNc1nc2c(Br)cccn2n1. The fraction of sp³-hybridized carbons (Fsp3) is 0.250. The first-order valence-electron chi connectivity index (χ1n) is 4.20. The molecule has 0 atom stereocenters. The quantitative estimate of drug-likeness (QED) is 0.934. The van der Waals surface area contributed by atoms with Crippen molar-refractivity contribution in [2.24, 2.45) is 0 Å². The molecule has 0 saturated heterocycles. The van der Waals surface area contributed by atoms with Crippen LogP contribution in [0.15, 0.2) is 22.8 Å². The average molecular weight is 277 g/mol. The van der Waals surface area contributed by atoms with Crippen LogP contribution in [0.3, 0.4) is 0 Å². The number of nitrogens with one attached hydrogen (secondary N) is 1. The average Bonchev–Trinajstić information content (AvgIpc) is 2.59. The number of aromatic nitrogens is 3. The van der Waals surface area contributed by atoms with E-state index in [1.807, 2.05) is 0 Å². The molecule has 2 aromatic heterocycles. The maximum absolute atomic E-state index is 11.9. The summed E-state index contributed by atoms with van der Waals surface area (Å²) >= 11 is 3.29. The van der Waals surface area contributed by atoms with Crippen LogP contribution in [-0.4, -0.2) is 27.6 Å². The van der Waals surface area contributed by atoms with Gasteiger partial charge in [0.2, 0.25) is 5.95 Å². The summed E-state index contributed by atoms with van der Waals surface area (Å²) < 4.78 is 26.1. The standard InChI is InChI=1S/C8H7BrF2N4/c9-5-2-1-3-15-7(5)13-8(14-15)12-4-6(10)11/h1-3,6H,4H2,(H,12,14). The maximum Gasteiger partial charge on any atom is 0.255 e. The third kappa shape index (κ3) is 2.23. The van der Waals surface area contributed by atoms with Crippen molar-refractivity contribution in [1.82, 2.24) is 14.6 Å². The minimum atomic E-state index is -2.42. The van der Waals surface area contributed by atoms with E-state index in [4.69, 9.17) is 0 Å². The van der Waals surface area contributed by atoms with Crippen molar-refractivity contribution in [1.29, 1.82) is 0 Å². The molecule has 80 valence electrons. The molecule has 0 aliphatic carbocycles. The Morgan fingerprint density at radius 2 is 2.33 bits per heavy atom. The molecular weight excluding hydrogens is 270 g/mol. The normalized spacial score (nSPS) is 11.2. The van der Waals surface area contributed by atoms with Crippen molar-refractivity contribution >= 4 is 27.5 Å². The number of pyridine rings is 1. The Labute approximate surface area is 92.4 Å². The summed E-state index contributed by atoms with van der Waals surface area (Å²) in [6, 6.07) is 3.59. The highest BCUT2D eigenvalue weighted by molar-refractivity contribution is 9.10. The third-order valence-corrected chi connectivity index (χ3v) is 2.35. The number of nitrogens with zero attached hydrogens (tertiary/aromatic N) is 3. The Bertz CT molecular complexity index is 471. The second kappa shape index (κ2) is 4.09. The van der Waals surface area contributed by atoms with Crippen LogP contribution < -0.4 is 5.32 Å². The Morgan fingerprint density at radius 1 is 1.53 bits per heavy atom. The van der Waals surface area contributed by atoms with Gasteiger partial charge in [-0.25, -0.2) is 13.3 Å². The minimum absolute atomic E-state index is 0.196. The highest BCUT2D eigenvalue weighted by Gasteiger charge is 2.07. The summed E-state index contributed by atoms with van der Waals surface area (Å²) in [5.74, 6) is 0.196. The second-order valence-corrected chi connectivity index (χ2v) is 3.69. The molecule has 0 spiro atoms. The number of rotatable bonds is 3. The van der Waals surface area contributed by atoms with Crippen LogP contribution in [0.1, 0.15) is 0 Å². The van der Waals surface area contributed by atoms with Crippen molar-refractivity contribution in [2.45, 2.75) is 6.43 Å². The lowest BCUT2D eigenvalue weighted by Crippen LogP contribution is -2.11. The number of hydrogen-bond acceptors (Lipinski definition) is 3. The van der Waals surface area contributed by atoms with E-state index in [9.17, 15) is 8.78 Å². The summed E-state index contributed by atoms with van der Waals surface area (Å²) in [6.45, 7) is -0.450. The van der Waals surface area contributed by atoms with Crippen LogP contribution in [0.2, 0.25) is 0 Å². The van der Waals surface area contributed by atoms with Crippen molar-refractivity contribution in [2.75, 3.05) is 11.9 Å². The van der Waals surface area contributed by atoms with Gasteiger partial charge < -0.3 is 5.32 Å². The Hall–Kier alpha value is -1.24. The Morgan fingerprint density at radius 3 is 3.00 bits per heavy atom. The van der Waals surface area contributed by atoms with Crippen LogP contribution in [0.25, 0.3) is 5.65 Å². The molecule has 0 bridgehead atoms. The monoisotopic (exact) mass is 276 g/mol. The molecule has 0 saturated carbocycles. The zero-order valence-electron chi connectivity index (χ0n) is 7.49. The topological polar surface area (TPSA) is 42.2 Å². The lowest BCUT2D eigenvalue weighted by molar-refractivity contribution is 0.163. The van der Waals surface area contributed by atoms with Gasteiger partial charge in [0, 0.05) is 6.20 Å². The van der Waals surface area contributed by atoms with Gasteiger partial charge in [0.1, 0.15) is 0 Å². The van der Waals surface area contributed by atoms with Gasteiger partial charge in [0.15, 0.2) is 5.65 Å². The fourth-order valence-corrected chi connectivity index (χ4v) is 1.54. The zero-order valence-corrected chi connectivity index (χ0v) is 9.08. The van der Waals surface area contributed by atoms with Gasteiger partial charge in [0.25, 0.3) is 6.43 Å². The fourth-order valence-electron chi connectivity index (χ4n) is 1.12. The molecule has 2 heterocycles.